The number of unbranched alkanes of at least 4 members (excludes halogenated alkanes) is 2. The zero-order valence-electron chi connectivity index (χ0n) is 11.9. The Kier molecular flexibility index (Phi) is 5.06. The second kappa shape index (κ2) is 6.79. The van der Waals surface area contributed by atoms with E-state index in [0.29, 0.717) is 0 Å². The number of aliphatic carboxylic acids is 1. The Morgan fingerprint density at radius 3 is 2.90 bits per heavy atom. The molecule has 0 aliphatic rings. The molecule has 5 heteroatoms. The predicted molar refractivity (Wildman–Crippen MR) is 82.4 cm³/mol. The summed E-state index contributed by atoms with van der Waals surface area (Å²) in [5.74, 6) is -0.755. The molecule has 20 heavy (non-hydrogen) atoms. The molecule has 0 unspecified atom stereocenters. The number of carboxylic acids is 1. The minimum Gasteiger partial charge on any atom is -0.481 e. The summed E-state index contributed by atoms with van der Waals surface area (Å²) in [6.45, 7) is 5.15. The molecule has 1 aromatic carbocycles. The zero-order chi connectivity index (χ0) is 14.5. The van der Waals surface area contributed by atoms with E-state index in [9.17, 15) is 4.79 Å². The summed E-state index contributed by atoms with van der Waals surface area (Å²) in [4.78, 5) is 15.4. The number of thioether (sulfide) groups is 1. The molecule has 1 heterocycles. The molecule has 4 nitrogen and oxygen atoms in total. The van der Waals surface area contributed by atoms with Crippen LogP contribution in [0.4, 0.5) is 0 Å². The minimum absolute atomic E-state index is 0.0517. The maximum Gasteiger partial charge on any atom is 0.313 e. The van der Waals surface area contributed by atoms with Crippen LogP contribution in [-0.2, 0) is 11.3 Å². The topological polar surface area (TPSA) is 55.1 Å². The van der Waals surface area contributed by atoms with E-state index in [0.717, 1.165) is 29.2 Å². The number of benzene rings is 1. The highest BCUT2D eigenvalue weighted by molar-refractivity contribution is 7.99. The molecular weight excluding hydrogens is 272 g/mol. The van der Waals surface area contributed by atoms with Crippen molar-refractivity contribution in [2.75, 3.05) is 5.75 Å². The lowest BCUT2D eigenvalue weighted by molar-refractivity contribution is -0.133. The second-order valence-electron chi connectivity index (χ2n) is 4.88. The Bertz CT molecular complexity index is 607. The number of rotatable bonds is 7. The maximum absolute atomic E-state index is 10.8. The van der Waals surface area contributed by atoms with Crippen molar-refractivity contribution < 1.29 is 9.90 Å². The van der Waals surface area contributed by atoms with E-state index >= 15 is 0 Å². The fourth-order valence-electron chi connectivity index (χ4n) is 2.31. The molecule has 0 amide bonds. The third-order valence-corrected chi connectivity index (χ3v) is 4.20. The molecule has 0 fully saturated rings. The molecule has 0 spiro atoms. The molecule has 0 saturated heterocycles. The molecule has 2 aromatic rings. The van der Waals surface area contributed by atoms with Crippen molar-refractivity contribution in [3.63, 3.8) is 0 Å². The van der Waals surface area contributed by atoms with Crippen molar-refractivity contribution in [2.24, 2.45) is 0 Å². The third-order valence-electron chi connectivity index (χ3n) is 3.24. The summed E-state index contributed by atoms with van der Waals surface area (Å²) in [6, 6.07) is 6.06. The fourth-order valence-corrected chi connectivity index (χ4v) is 3.06. The van der Waals surface area contributed by atoms with E-state index in [1.165, 1.54) is 30.2 Å². The summed E-state index contributed by atoms with van der Waals surface area (Å²) < 4.78 is 2.17. The van der Waals surface area contributed by atoms with Crippen molar-refractivity contribution in [1.82, 2.24) is 9.55 Å². The molecule has 0 aliphatic carbocycles. The van der Waals surface area contributed by atoms with Gasteiger partial charge in [-0.25, -0.2) is 4.98 Å². The number of hydrogen-bond acceptors (Lipinski definition) is 3. The largest absolute Gasteiger partial charge is 0.481 e. The van der Waals surface area contributed by atoms with Gasteiger partial charge in [0.1, 0.15) is 0 Å². The van der Waals surface area contributed by atoms with E-state index < -0.39 is 5.97 Å². The summed E-state index contributed by atoms with van der Waals surface area (Å²) in [5.41, 5.74) is 3.28. The van der Waals surface area contributed by atoms with Crippen LogP contribution < -0.4 is 0 Å². The van der Waals surface area contributed by atoms with Crippen LogP contribution in [-0.4, -0.2) is 26.4 Å². The van der Waals surface area contributed by atoms with Gasteiger partial charge in [0.05, 0.1) is 16.8 Å². The van der Waals surface area contributed by atoms with Crippen LogP contribution in [0.1, 0.15) is 31.7 Å². The first kappa shape index (κ1) is 14.9. The van der Waals surface area contributed by atoms with Crippen LogP contribution in [0.5, 0.6) is 0 Å². The molecule has 0 saturated carbocycles. The van der Waals surface area contributed by atoms with Gasteiger partial charge in [0, 0.05) is 6.54 Å². The highest BCUT2D eigenvalue weighted by atomic mass is 32.2. The number of carboxylic acid groups (broad SMARTS) is 1. The van der Waals surface area contributed by atoms with Crippen molar-refractivity contribution in [3.05, 3.63) is 23.8 Å². The number of fused-ring (bicyclic) bond motifs is 1. The fraction of sp³-hybridized carbons (Fsp3) is 0.467. The van der Waals surface area contributed by atoms with Gasteiger partial charge in [-0.2, -0.15) is 0 Å². The first-order chi connectivity index (χ1) is 9.63. The standard InChI is InChI=1S/C15H20N2O2S/c1-3-4-5-9-17-14-11(2)7-6-8-12(14)16-15(17)20-10-13(18)19/h6-8H,3-5,9-10H2,1-2H3,(H,18,19). The summed E-state index contributed by atoms with van der Waals surface area (Å²) in [5, 5.41) is 9.66. The third kappa shape index (κ3) is 3.33. The van der Waals surface area contributed by atoms with Crippen molar-refractivity contribution in [1.29, 1.82) is 0 Å². The Morgan fingerprint density at radius 1 is 1.40 bits per heavy atom. The van der Waals surface area contributed by atoms with Crippen LogP contribution >= 0.6 is 11.8 Å². The lowest BCUT2D eigenvalue weighted by Crippen LogP contribution is -2.04. The Balaban J connectivity index is 2.35. The molecule has 0 radical (unpaired) electrons. The number of hydrogen-bond donors (Lipinski definition) is 1. The normalized spacial score (nSPS) is 11.1. The van der Waals surface area contributed by atoms with Gasteiger partial charge in [-0.15, -0.1) is 0 Å². The van der Waals surface area contributed by atoms with Crippen LogP contribution in [0.15, 0.2) is 23.4 Å². The van der Waals surface area contributed by atoms with Gasteiger partial charge in [0.25, 0.3) is 0 Å². The Labute approximate surface area is 123 Å². The maximum atomic E-state index is 10.8. The molecule has 1 aromatic heterocycles. The molecule has 2 rings (SSSR count). The minimum atomic E-state index is -0.807. The monoisotopic (exact) mass is 292 g/mol. The first-order valence-corrected chi connectivity index (χ1v) is 7.92. The number of imidazole rings is 1. The first-order valence-electron chi connectivity index (χ1n) is 6.94. The van der Waals surface area contributed by atoms with Crippen LogP contribution in [0, 0.1) is 6.92 Å². The van der Waals surface area contributed by atoms with E-state index in [1.807, 2.05) is 12.1 Å². The van der Waals surface area contributed by atoms with Crippen LogP contribution in [0.25, 0.3) is 11.0 Å². The number of aromatic nitrogens is 2. The molecular formula is C15H20N2O2S. The molecule has 0 aliphatic heterocycles. The van der Waals surface area contributed by atoms with Gasteiger partial charge >= 0.3 is 5.97 Å². The average Bonchev–Trinajstić information content (AvgIpc) is 2.76. The molecule has 0 atom stereocenters. The summed E-state index contributed by atoms with van der Waals surface area (Å²) >= 11 is 1.30. The van der Waals surface area contributed by atoms with Gasteiger partial charge in [-0.3, -0.25) is 4.79 Å². The van der Waals surface area contributed by atoms with E-state index in [2.05, 4.69) is 29.5 Å². The zero-order valence-corrected chi connectivity index (χ0v) is 12.7. The lowest BCUT2D eigenvalue weighted by Gasteiger charge is -2.09. The molecule has 108 valence electrons. The SMILES string of the molecule is CCCCCn1c(SCC(=O)O)nc2cccc(C)c21. The van der Waals surface area contributed by atoms with E-state index in [-0.39, 0.29) is 5.75 Å². The van der Waals surface area contributed by atoms with Crippen molar-refractivity contribution >= 4 is 28.8 Å². The van der Waals surface area contributed by atoms with E-state index in [1.54, 1.807) is 0 Å². The molecule has 1 N–H and O–H groups in total. The van der Waals surface area contributed by atoms with Crippen LogP contribution in [0.2, 0.25) is 0 Å². The Hall–Kier alpha value is -1.49. The number of carbonyl (C=O) groups is 1. The number of para-hydroxylation sites is 1. The quantitative estimate of drug-likeness (QED) is 0.624. The Morgan fingerprint density at radius 2 is 2.20 bits per heavy atom. The van der Waals surface area contributed by atoms with Gasteiger partial charge in [0.2, 0.25) is 0 Å². The smallest absolute Gasteiger partial charge is 0.313 e. The average molecular weight is 292 g/mol. The van der Waals surface area contributed by atoms with Gasteiger partial charge in [-0.05, 0) is 25.0 Å². The molecule has 0 bridgehead atoms. The summed E-state index contributed by atoms with van der Waals surface area (Å²) in [6.07, 6.45) is 3.44. The highest BCUT2D eigenvalue weighted by Crippen LogP contribution is 2.26. The number of aryl methyl sites for hydroxylation is 2. The van der Waals surface area contributed by atoms with Gasteiger partial charge < -0.3 is 9.67 Å². The summed E-state index contributed by atoms with van der Waals surface area (Å²) in [7, 11) is 0. The van der Waals surface area contributed by atoms with Crippen LogP contribution in [0.3, 0.4) is 0 Å². The second-order valence-corrected chi connectivity index (χ2v) is 5.82. The van der Waals surface area contributed by atoms with Gasteiger partial charge in [0.15, 0.2) is 5.16 Å². The van der Waals surface area contributed by atoms with Crippen molar-refractivity contribution in [2.45, 2.75) is 44.8 Å². The van der Waals surface area contributed by atoms with Gasteiger partial charge in [-0.1, -0.05) is 43.7 Å². The predicted octanol–water partition coefficient (Wildman–Crippen LogP) is 3.71. The van der Waals surface area contributed by atoms with E-state index in [4.69, 9.17) is 5.11 Å². The number of nitrogens with zero attached hydrogens (tertiary/aromatic N) is 2. The van der Waals surface area contributed by atoms with Crippen molar-refractivity contribution in [3.8, 4) is 0 Å². The highest BCUT2D eigenvalue weighted by Gasteiger charge is 2.13. The lowest BCUT2D eigenvalue weighted by atomic mass is 10.2.